The number of likely N-dealkylation sites (N-methyl/N-ethyl adjacent to an activating group) is 1. The Morgan fingerprint density at radius 2 is 2.17 bits per heavy atom. The van der Waals surface area contributed by atoms with E-state index in [0.717, 1.165) is 12.1 Å². The van der Waals surface area contributed by atoms with Gasteiger partial charge in [0.25, 0.3) is 0 Å². The summed E-state index contributed by atoms with van der Waals surface area (Å²) in [5, 5.41) is 2.89. The maximum absolute atomic E-state index is 11.4. The summed E-state index contributed by atoms with van der Waals surface area (Å²) < 4.78 is 5.44. The van der Waals surface area contributed by atoms with Crippen LogP contribution in [0.3, 0.4) is 0 Å². The normalized spacial score (nSPS) is 10.0. The number of nitrogens with zero attached hydrogens (tertiary/aromatic N) is 3. The molecule has 1 rings (SSSR count). The molecule has 0 atom stereocenters. The van der Waals surface area contributed by atoms with E-state index in [9.17, 15) is 4.79 Å². The predicted octanol–water partition coefficient (Wildman–Crippen LogP) is 1.07. The molecule has 0 radical (unpaired) electrons. The Morgan fingerprint density at radius 1 is 1.44 bits per heavy atom. The van der Waals surface area contributed by atoms with Crippen LogP contribution in [0.4, 0.5) is 5.95 Å². The number of ether oxygens (including phenoxy) is 1. The lowest BCUT2D eigenvalue weighted by atomic mass is 10.4. The highest BCUT2D eigenvalue weighted by atomic mass is 16.5. The van der Waals surface area contributed by atoms with E-state index in [1.807, 2.05) is 13.8 Å². The second-order valence-corrected chi connectivity index (χ2v) is 4.16. The molecule has 0 fully saturated rings. The lowest BCUT2D eigenvalue weighted by molar-refractivity contribution is -0.126. The van der Waals surface area contributed by atoms with Crippen molar-refractivity contribution in [1.82, 2.24) is 14.9 Å². The number of amides is 1. The lowest BCUT2D eigenvalue weighted by Gasteiger charge is -2.12. The van der Waals surface area contributed by atoms with Crippen LogP contribution >= 0.6 is 0 Å². The molecule has 1 heterocycles. The molecule has 0 aromatic carbocycles. The highest BCUT2D eigenvalue weighted by Crippen LogP contribution is 2.11. The fraction of sp³-hybridized carbons (Fsp3) is 0.583. The summed E-state index contributed by atoms with van der Waals surface area (Å²) in [5.74, 6) is 0.914. The van der Waals surface area contributed by atoms with Gasteiger partial charge in [-0.3, -0.25) is 4.79 Å². The molecule has 0 unspecified atom stereocenters. The number of anilines is 1. The monoisotopic (exact) mass is 252 g/mol. The van der Waals surface area contributed by atoms with Crippen LogP contribution in [0.1, 0.15) is 19.0 Å². The molecular formula is C12H20N4O2. The minimum atomic E-state index is -0.0314. The third-order valence-electron chi connectivity index (χ3n) is 2.18. The van der Waals surface area contributed by atoms with Gasteiger partial charge in [-0.1, -0.05) is 6.92 Å². The fourth-order valence-electron chi connectivity index (χ4n) is 1.21. The Morgan fingerprint density at radius 3 is 2.78 bits per heavy atom. The first-order valence-corrected chi connectivity index (χ1v) is 5.95. The molecule has 100 valence electrons. The SMILES string of the molecule is CCCOc1cc(C)nc(NCC(=O)N(C)C)n1. The predicted molar refractivity (Wildman–Crippen MR) is 69.7 cm³/mol. The van der Waals surface area contributed by atoms with Gasteiger partial charge in [0, 0.05) is 25.9 Å². The maximum Gasteiger partial charge on any atom is 0.241 e. The highest BCUT2D eigenvalue weighted by Gasteiger charge is 2.06. The molecule has 0 bridgehead atoms. The molecule has 1 aromatic heterocycles. The van der Waals surface area contributed by atoms with Crippen molar-refractivity contribution in [3.8, 4) is 5.88 Å². The molecule has 1 N–H and O–H groups in total. The van der Waals surface area contributed by atoms with Crippen LogP contribution in [-0.4, -0.2) is 48.0 Å². The molecule has 6 nitrogen and oxygen atoms in total. The Kier molecular flexibility index (Phi) is 5.35. The summed E-state index contributed by atoms with van der Waals surface area (Å²) in [6.45, 7) is 4.68. The number of carbonyl (C=O) groups is 1. The van der Waals surface area contributed by atoms with Crippen LogP contribution in [0.25, 0.3) is 0 Å². The summed E-state index contributed by atoms with van der Waals surface area (Å²) in [4.78, 5) is 21.3. The molecular weight excluding hydrogens is 232 g/mol. The minimum Gasteiger partial charge on any atom is -0.478 e. The summed E-state index contributed by atoms with van der Waals surface area (Å²) in [6.07, 6.45) is 0.922. The van der Waals surface area contributed by atoms with Gasteiger partial charge < -0.3 is 15.0 Å². The number of rotatable bonds is 6. The van der Waals surface area contributed by atoms with Crippen molar-refractivity contribution in [2.24, 2.45) is 0 Å². The van der Waals surface area contributed by atoms with Gasteiger partial charge in [-0.25, -0.2) is 4.98 Å². The van der Waals surface area contributed by atoms with E-state index in [4.69, 9.17) is 4.74 Å². The quantitative estimate of drug-likeness (QED) is 0.820. The molecule has 0 aliphatic heterocycles. The first-order chi connectivity index (χ1) is 8.52. The average Bonchev–Trinajstić information content (AvgIpc) is 2.32. The van der Waals surface area contributed by atoms with Crippen molar-refractivity contribution in [2.75, 3.05) is 32.6 Å². The highest BCUT2D eigenvalue weighted by molar-refractivity contribution is 5.79. The first-order valence-electron chi connectivity index (χ1n) is 5.95. The topological polar surface area (TPSA) is 67.3 Å². The van der Waals surface area contributed by atoms with Crippen LogP contribution in [0.2, 0.25) is 0 Å². The van der Waals surface area contributed by atoms with Crippen molar-refractivity contribution in [2.45, 2.75) is 20.3 Å². The van der Waals surface area contributed by atoms with E-state index in [1.54, 1.807) is 20.2 Å². The molecule has 6 heteroatoms. The van der Waals surface area contributed by atoms with E-state index in [1.165, 1.54) is 4.90 Å². The van der Waals surface area contributed by atoms with Crippen LogP contribution in [-0.2, 0) is 4.79 Å². The summed E-state index contributed by atoms with van der Waals surface area (Å²) in [6, 6.07) is 1.77. The average molecular weight is 252 g/mol. The summed E-state index contributed by atoms with van der Waals surface area (Å²) in [7, 11) is 3.41. The van der Waals surface area contributed by atoms with Gasteiger partial charge in [-0.05, 0) is 13.3 Å². The maximum atomic E-state index is 11.4. The van der Waals surface area contributed by atoms with Crippen molar-refractivity contribution >= 4 is 11.9 Å². The fourth-order valence-corrected chi connectivity index (χ4v) is 1.21. The van der Waals surface area contributed by atoms with E-state index >= 15 is 0 Å². The van der Waals surface area contributed by atoms with Gasteiger partial charge in [0.15, 0.2) is 0 Å². The Balaban J connectivity index is 2.65. The summed E-state index contributed by atoms with van der Waals surface area (Å²) >= 11 is 0. The molecule has 0 aliphatic carbocycles. The lowest BCUT2D eigenvalue weighted by Crippen LogP contribution is -2.29. The zero-order valence-electron chi connectivity index (χ0n) is 11.4. The molecule has 0 aliphatic rings. The van der Waals surface area contributed by atoms with Gasteiger partial charge in [-0.15, -0.1) is 0 Å². The zero-order chi connectivity index (χ0) is 13.5. The Labute approximate surface area is 107 Å². The third kappa shape index (κ3) is 4.57. The smallest absolute Gasteiger partial charge is 0.241 e. The van der Waals surface area contributed by atoms with Gasteiger partial charge >= 0.3 is 0 Å². The van der Waals surface area contributed by atoms with Gasteiger partial charge in [0.1, 0.15) is 0 Å². The minimum absolute atomic E-state index is 0.0314. The zero-order valence-corrected chi connectivity index (χ0v) is 11.4. The summed E-state index contributed by atoms with van der Waals surface area (Å²) in [5.41, 5.74) is 0.802. The number of hydrogen-bond acceptors (Lipinski definition) is 5. The second-order valence-electron chi connectivity index (χ2n) is 4.16. The van der Waals surface area contributed by atoms with Gasteiger partial charge in [0.05, 0.1) is 13.2 Å². The molecule has 1 aromatic rings. The van der Waals surface area contributed by atoms with Gasteiger partial charge in [-0.2, -0.15) is 4.98 Å². The van der Waals surface area contributed by atoms with E-state index in [2.05, 4.69) is 15.3 Å². The largest absolute Gasteiger partial charge is 0.478 e. The molecule has 0 saturated carbocycles. The van der Waals surface area contributed by atoms with Crippen LogP contribution in [0.5, 0.6) is 5.88 Å². The number of aryl methyl sites for hydroxylation is 1. The van der Waals surface area contributed by atoms with Crippen LogP contribution in [0, 0.1) is 6.92 Å². The number of nitrogens with one attached hydrogen (secondary N) is 1. The van der Waals surface area contributed by atoms with Crippen LogP contribution < -0.4 is 10.1 Å². The number of hydrogen-bond donors (Lipinski definition) is 1. The molecule has 0 spiro atoms. The van der Waals surface area contributed by atoms with Crippen molar-refractivity contribution in [3.05, 3.63) is 11.8 Å². The molecule has 18 heavy (non-hydrogen) atoms. The van der Waals surface area contributed by atoms with Crippen LogP contribution in [0.15, 0.2) is 6.07 Å². The number of carbonyl (C=O) groups excluding carboxylic acids is 1. The number of aromatic nitrogens is 2. The van der Waals surface area contributed by atoms with Crippen molar-refractivity contribution in [1.29, 1.82) is 0 Å². The Bertz CT molecular complexity index is 407. The molecule has 1 amide bonds. The van der Waals surface area contributed by atoms with Gasteiger partial charge in [0.2, 0.25) is 17.7 Å². The Hall–Kier alpha value is -1.85. The van der Waals surface area contributed by atoms with Crippen molar-refractivity contribution in [3.63, 3.8) is 0 Å². The van der Waals surface area contributed by atoms with Crippen molar-refractivity contribution < 1.29 is 9.53 Å². The first kappa shape index (κ1) is 14.2. The van der Waals surface area contributed by atoms with E-state index < -0.39 is 0 Å². The van der Waals surface area contributed by atoms with E-state index in [-0.39, 0.29) is 12.5 Å². The van der Waals surface area contributed by atoms with E-state index in [0.29, 0.717) is 18.4 Å². The standard InChI is InChI=1S/C12H20N4O2/c1-5-6-18-10-7-9(2)14-12(15-10)13-8-11(17)16(3)4/h7H,5-6,8H2,1-4H3,(H,13,14,15). The molecule has 0 saturated heterocycles. The third-order valence-corrected chi connectivity index (χ3v) is 2.18. The second kappa shape index (κ2) is 6.78.